The summed E-state index contributed by atoms with van der Waals surface area (Å²) in [5.74, 6) is -1.55. The van der Waals surface area contributed by atoms with Gasteiger partial charge in [0, 0.05) is 26.0 Å². The number of hydrogen-bond donors (Lipinski definition) is 3. The first-order valence-electron chi connectivity index (χ1n) is 6.23. The summed E-state index contributed by atoms with van der Waals surface area (Å²) in [6.07, 6.45) is 0. The molecule has 0 bridgehead atoms. The first-order chi connectivity index (χ1) is 9.85. The van der Waals surface area contributed by atoms with Crippen LogP contribution < -0.4 is 10.6 Å². The van der Waals surface area contributed by atoms with Crippen LogP contribution >= 0.6 is 11.3 Å². The lowest BCUT2D eigenvalue weighted by molar-refractivity contribution is -0.124. The molecular weight excluding hydrogens is 296 g/mol. The molecule has 0 aromatic carbocycles. The third kappa shape index (κ3) is 5.03. The lowest BCUT2D eigenvalue weighted by Crippen LogP contribution is -2.42. The van der Waals surface area contributed by atoms with Gasteiger partial charge in [-0.15, -0.1) is 11.3 Å². The molecule has 1 aromatic rings. The second-order valence-electron chi connectivity index (χ2n) is 4.49. The molecule has 0 aliphatic rings. The Morgan fingerprint density at radius 3 is 2.67 bits per heavy atom. The van der Waals surface area contributed by atoms with E-state index in [9.17, 15) is 14.4 Å². The maximum Gasteiger partial charge on any atom is 0.355 e. The van der Waals surface area contributed by atoms with Crippen LogP contribution in [0.5, 0.6) is 0 Å². The van der Waals surface area contributed by atoms with Gasteiger partial charge < -0.3 is 20.6 Å². The largest absolute Gasteiger partial charge is 0.476 e. The van der Waals surface area contributed by atoms with Gasteiger partial charge in [-0.05, 0) is 0 Å². The number of amides is 3. The van der Waals surface area contributed by atoms with Crippen molar-refractivity contribution in [3.8, 4) is 0 Å². The van der Waals surface area contributed by atoms with Gasteiger partial charge in [-0.1, -0.05) is 6.92 Å². The van der Waals surface area contributed by atoms with Crippen molar-refractivity contribution in [2.45, 2.75) is 13.5 Å². The minimum Gasteiger partial charge on any atom is -0.476 e. The van der Waals surface area contributed by atoms with E-state index in [1.165, 1.54) is 10.3 Å². The summed E-state index contributed by atoms with van der Waals surface area (Å²) in [5.41, 5.74) is -0.0363. The maximum absolute atomic E-state index is 11.8. The quantitative estimate of drug-likeness (QED) is 0.702. The molecule has 3 amide bonds. The van der Waals surface area contributed by atoms with Crippen LogP contribution in [0.25, 0.3) is 0 Å². The van der Waals surface area contributed by atoms with E-state index >= 15 is 0 Å². The number of carboxylic acid groups (broad SMARTS) is 1. The van der Waals surface area contributed by atoms with Crippen LogP contribution in [0.1, 0.15) is 22.4 Å². The zero-order valence-electron chi connectivity index (χ0n) is 12.0. The van der Waals surface area contributed by atoms with Crippen molar-refractivity contribution >= 4 is 29.2 Å². The summed E-state index contributed by atoms with van der Waals surface area (Å²) in [6.45, 7) is 2.15. The third-order valence-corrected chi connectivity index (χ3v) is 3.60. The van der Waals surface area contributed by atoms with Crippen molar-refractivity contribution in [1.29, 1.82) is 0 Å². The van der Waals surface area contributed by atoms with E-state index in [-0.39, 0.29) is 36.6 Å². The van der Waals surface area contributed by atoms with Crippen molar-refractivity contribution in [1.82, 2.24) is 20.5 Å². The predicted octanol–water partition coefficient (Wildman–Crippen LogP) is 0.365. The summed E-state index contributed by atoms with van der Waals surface area (Å²) < 4.78 is 0. The Bertz CT molecular complexity index is 531. The van der Waals surface area contributed by atoms with Crippen LogP contribution in [-0.2, 0) is 11.3 Å². The molecule has 0 fully saturated rings. The van der Waals surface area contributed by atoms with Gasteiger partial charge in [0.15, 0.2) is 5.69 Å². The number of rotatable bonds is 6. The Balaban J connectivity index is 2.45. The van der Waals surface area contributed by atoms with E-state index in [1.54, 1.807) is 21.0 Å². The zero-order valence-corrected chi connectivity index (χ0v) is 12.9. The van der Waals surface area contributed by atoms with Crippen LogP contribution in [0.15, 0.2) is 5.38 Å². The lowest BCUT2D eigenvalue weighted by Gasteiger charge is -2.20. The molecule has 1 atom stereocenters. The molecular formula is C12H18N4O4S. The third-order valence-electron chi connectivity index (χ3n) is 2.75. The Hall–Kier alpha value is -2.16. The second kappa shape index (κ2) is 7.58. The molecule has 0 spiro atoms. The summed E-state index contributed by atoms with van der Waals surface area (Å²) in [7, 11) is 3.13. The molecule has 0 saturated heterocycles. The van der Waals surface area contributed by atoms with Crippen molar-refractivity contribution in [3.05, 3.63) is 16.1 Å². The number of carbonyl (C=O) groups excluding carboxylic acids is 2. The van der Waals surface area contributed by atoms with Crippen molar-refractivity contribution < 1.29 is 19.5 Å². The van der Waals surface area contributed by atoms with E-state index in [2.05, 4.69) is 15.6 Å². The highest BCUT2D eigenvalue weighted by Crippen LogP contribution is 2.09. The molecule has 1 unspecified atom stereocenters. The summed E-state index contributed by atoms with van der Waals surface area (Å²) in [4.78, 5) is 39.2. The first kappa shape index (κ1) is 16.9. The molecule has 1 heterocycles. The molecule has 0 saturated carbocycles. The molecule has 1 rings (SSSR count). The van der Waals surface area contributed by atoms with E-state index in [1.807, 2.05) is 0 Å². The fourth-order valence-electron chi connectivity index (χ4n) is 1.60. The number of carboxylic acids is 1. The lowest BCUT2D eigenvalue weighted by atomic mass is 10.1. The smallest absolute Gasteiger partial charge is 0.355 e. The summed E-state index contributed by atoms with van der Waals surface area (Å²) >= 11 is 1.16. The molecule has 9 heteroatoms. The zero-order chi connectivity index (χ0) is 16.0. The highest BCUT2D eigenvalue weighted by atomic mass is 32.1. The van der Waals surface area contributed by atoms with Crippen molar-refractivity contribution in [2.75, 3.05) is 20.6 Å². The van der Waals surface area contributed by atoms with Gasteiger partial charge in [0.25, 0.3) is 0 Å². The number of hydrogen-bond acceptors (Lipinski definition) is 5. The van der Waals surface area contributed by atoms with Crippen molar-refractivity contribution in [3.63, 3.8) is 0 Å². The Morgan fingerprint density at radius 2 is 2.14 bits per heavy atom. The molecule has 0 aliphatic carbocycles. The second-order valence-corrected chi connectivity index (χ2v) is 5.43. The van der Waals surface area contributed by atoms with E-state index < -0.39 is 5.97 Å². The Kier molecular flexibility index (Phi) is 6.10. The summed E-state index contributed by atoms with van der Waals surface area (Å²) in [5, 5.41) is 15.8. The molecule has 0 aliphatic heterocycles. The first-order valence-corrected chi connectivity index (χ1v) is 7.11. The maximum atomic E-state index is 11.8. The van der Waals surface area contributed by atoms with E-state index in [0.717, 1.165) is 11.3 Å². The number of carbonyl (C=O) groups is 3. The molecule has 3 N–H and O–H groups in total. The van der Waals surface area contributed by atoms with Gasteiger partial charge in [0.1, 0.15) is 5.01 Å². The minimum atomic E-state index is -1.10. The van der Waals surface area contributed by atoms with E-state index in [0.29, 0.717) is 5.01 Å². The number of aromatic carboxylic acids is 1. The highest BCUT2D eigenvalue weighted by molar-refractivity contribution is 7.09. The topological polar surface area (TPSA) is 112 Å². The molecule has 21 heavy (non-hydrogen) atoms. The monoisotopic (exact) mass is 314 g/mol. The number of urea groups is 1. The van der Waals surface area contributed by atoms with Gasteiger partial charge in [0.05, 0.1) is 12.5 Å². The fraction of sp³-hybridized carbons (Fsp3) is 0.500. The predicted molar refractivity (Wildman–Crippen MR) is 77.2 cm³/mol. The highest BCUT2D eigenvalue weighted by Gasteiger charge is 2.17. The standard InChI is InChI=1S/C12H18N4O4S/c1-7(10(17)13-2)5-16(3)12(20)14-4-9-15-8(6-21-9)11(18)19/h6-7H,4-5H2,1-3H3,(H,13,17)(H,14,20)(H,18,19). The van der Waals surface area contributed by atoms with Crippen LogP contribution in [-0.4, -0.2) is 53.5 Å². The molecule has 8 nitrogen and oxygen atoms in total. The van der Waals surface area contributed by atoms with Crippen LogP contribution in [0.3, 0.4) is 0 Å². The van der Waals surface area contributed by atoms with Gasteiger partial charge in [0.2, 0.25) is 5.91 Å². The number of thiazole rings is 1. The van der Waals surface area contributed by atoms with Crippen LogP contribution in [0.4, 0.5) is 4.79 Å². The SMILES string of the molecule is CNC(=O)C(C)CN(C)C(=O)NCc1nc(C(=O)O)cs1. The fourth-order valence-corrected chi connectivity index (χ4v) is 2.31. The van der Waals surface area contributed by atoms with Crippen LogP contribution in [0.2, 0.25) is 0 Å². The number of nitrogens with zero attached hydrogens (tertiary/aromatic N) is 2. The average Bonchev–Trinajstić information content (AvgIpc) is 2.92. The molecule has 116 valence electrons. The van der Waals surface area contributed by atoms with Crippen molar-refractivity contribution in [2.24, 2.45) is 5.92 Å². The minimum absolute atomic E-state index is 0.0363. The van der Waals surface area contributed by atoms with Gasteiger partial charge in [-0.2, -0.15) is 0 Å². The van der Waals surface area contributed by atoms with E-state index in [4.69, 9.17) is 5.11 Å². The Morgan fingerprint density at radius 1 is 1.48 bits per heavy atom. The normalized spacial score (nSPS) is 11.6. The summed E-state index contributed by atoms with van der Waals surface area (Å²) in [6, 6.07) is -0.349. The van der Waals surface area contributed by atoms with Gasteiger partial charge >= 0.3 is 12.0 Å². The number of nitrogens with one attached hydrogen (secondary N) is 2. The molecule has 0 radical (unpaired) electrons. The van der Waals surface area contributed by atoms with Gasteiger partial charge in [-0.3, -0.25) is 4.79 Å². The van der Waals surface area contributed by atoms with Crippen LogP contribution in [0, 0.1) is 5.92 Å². The molecule has 1 aromatic heterocycles. The van der Waals surface area contributed by atoms with Gasteiger partial charge in [-0.25, -0.2) is 14.6 Å². The average molecular weight is 314 g/mol. The Labute approximate surface area is 126 Å². The number of aromatic nitrogens is 1.